The molecule has 0 bridgehead atoms. The van der Waals surface area contributed by atoms with Gasteiger partial charge in [-0.2, -0.15) is 9.40 Å². The summed E-state index contributed by atoms with van der Waals surface area (Å²) in [5, 5.41) is 6.42. The Morgan fingerprint density at radius 2 is 2.37 bits per heavy atom. The SMILES string of the molecule is CN1CCC(CN(C)S(=O)(=O)c2[nH]ncc2CN)C1. The summed E-state index contributed by atoms with van der Waals surface area (Å²) >= 11 is 0. The summed E-state index contributed by atoms with van der Waals surface area (Å²) in [6, 6.07) is 0. The van der Waals surface area contributed by atoms with Gasteiger partial charge in [-0.15, -0.1) is 0 Å². The zero-order chi connectivity index (χ0) is 14.0. The summed E-state index contributed by atoms with van der Waals surface area (Å²) in [6.45, 7) is 2.64. The summed E-state index contributed by atoms with van der Waals surface area (Å²) in [5.74, 6) is 0.383. The van der Waals surface area contributed by atoms with Gasteiger partial charge in [0, 0.05) is 32.2 Å². The molecule has 0 saturated carbocycles. The molecule has 1 aromatic rings. The van der Waals surface area contributed by atoms with Gasteiger partial charge in [-0.05, 0) is 25.9 Å². The number of likely N-dealkylation sites (tertiary alicyclic amines) is 1. The van der Waals surface area contributed by atoms with E-state index in [9.17, 15) is 8.42 Å². The predicted octanol–water partition coefficient (Wildman–Crippen LogP) is -0.559. The van der Waals surface area contributed by atoms with Crippen LogP contribution in [0.25, 0.3) is 0 Å². The third kappa shape index (κ3) is 2.97. The molecule has 19 heavy (non-hydrogen) atoms. The van der Waals surface area contributed by atoms with Crippen LogP contribution in [-0.4, -0.2) is 61.5 Å². The van der Waals surface area contributed by atoms with Crippen molar-refractivity contribution in [2.45, 2.75) is 18.0 Å². The van der Waals surface area contributed by atoms with Gasteiger partial charge in [0.05, 0.1) is 6.20 Å². The van der Waals surface area contributed by atoms with Crippen LogP contribution in [0.2, 0.25) is 0 Å². The molecule has 0 radical (unpaired) electrons. The first-order valence-electron chi connectivity index (χ1n) is 6.32. The van der Waals surface area contributed by atoms with Crippen LogP contribution in [-0.2, 0) is 16.6 Å². The fraction of sp³-hybridized carbons (Fsp3) is 0.727. The molecule has 1 atom stereocenters. The van der Waals surface area contributed by atoms with Crippen LogP contribution < -0.4 is 5.73 Å². The average molecular weight is 287 g/mol. The molecule has 0 spiro atoms. The first-order chi connectivity index (χ1) is 8.95. The first-order valence-corrected chi connectivity index (χ1v) is 7.76. The molecule has 1 aliphatic rings. The molecule has 1 aliphatic heterocycles. The Morgan fingerprint density at radius 1 is 1.63 bits per heavy atom. The molecular formula is C11H21N5O2S. The highest BCUT2D eigenvalue weighted by atomic mass is 32.2. The van der Waals surface area contributed by atoms with E-state index in [0.717, 1.165) is 19.5 Å². The Morgan fingerprint density at radius 3 is 2.95 bits per heavy atom. The standard InChI is InChI=1S/C11H21N5O2S/c1-15-4-3-9(7-15)8-16(2)19(17,18)11-10(5-12)6-13-14-11/h6,9H,3-5,7-8,12H2,1-2H3,(H,13,14). The van der Waals surface area contributed by atoms with E-state index in [0.29, 0.717) is 18.0 Å². The maximum atomic E-state index is 12.4. The lowest BCUT2D eigenvalue weighted by molar-refractivity contribution is 0.356. The minimum Gasteiger partial charge on any atom is -0.326 e. The second-order valence-electron chi connectivity index (χ2n) is 5.13. The van der Waals surface area contributed by atoms with Crippen molar-refractivity contribution in [1.29, 1.82) is 0 Å². The molecule has 0 amide bonds. The lowest BCUT2D eigenvalue weighted by Crippen LogP contribution is -2.33. The van der Waals surface area contributed by atoms with Gasteiger partial charge >= 0.3 is 0 Å². The minimum absolute atomic E-state index is 0.115. The number of nitrogens with one attached hydrogen (secondary N) is 1. The van der Waals surface area contributed by atoms with Gasteiger partial charge in [-0.3, -0.25) is 5.10 Å². The Bertz CT molecular complexity index is 527. The number of hydrogen-bond donors (Lipinski definition) is 2. The van der Waals surface area contributed by atoms with Crippen LogP contribution in [0.15, 0.2) is 11.2 Å². The summed E-state index contributed by atoms with van der Waals surface area (Å²) in [6.07, 6.45) is 2.49. The lowest BCUT2D eigenvalue weighted by Gasteiger charge is -2.20. The fourth-order valence-electron chi connectivity index (χ4n) is 2.46. The van der Waals surface area contributed by atoms with E-state index in [2.05, 4.69) is 22.1 Å². The van der Waals surface area contributed by atoms with Crippen molar-refractivity contribution in [2.24, 2.45) is 11.7 Å². The van der Waals surface area contributed by atoms with Crippen LogP contribution in [0.4, 0.5) is 0 Å². The van der Waals surface area contributed by atoms with Gasteiger partial charge in [-0.1, -0.05) is 0 Å². The van der Waals surface area contributed by atoms with Crippen molar-refractivity contribution in [2.75, 3.05) is 33.7 Å². The van der Waals surface area contributed by atoms with Crippen molar-refractivity contribution < 1.29 is 8.42 Å². The highest BCUT2D eigenvalue weighted by Crippen LogP contribution is 2.20. The zero-order valence-electron chi connectivity index (χ0n) is 11.3. The second-order valence-corrected chi connectivity index (χ2v) is 7.11. The van der Waals surface area contributed by atoms with E-state index in [4.69, 9.17) is 5.73 Å². The highest BCUT2D eigenvalue weighted by molar-refractivity contribution is 7.89. The Kier molecular flexibility index (Phi) is 4.24. The maximum Gasteiger partial charge on any atom is 0.260 e. The Labute approximate surface area is 113 Å². The van der Waals surface area contributed by atoms with Crippen molar-refractivity contribution in [3.63, 3.8) is 0 Å². The molecule has 1 unspecified atom stereocenters. The van der Waals surface area contributed by atoms with Gasteiger partial charge in [-0.25, -0.2) is 8.42 Å². The van der Waals surface area contributed by atoms with Gasteiger partial charge < -0.3 is 10.6 Å². The molecular weight excluding hydrogens is 266 g/mol. The third-order valence-electron chi connectivity index (χ3n) is 3.57. The van der Waals surface area contributed by atoms with Gasteiger partial charge in [0.15, 0.2) is 5.03 Å². The Hall–Kier alpha value is -0.960. The number of aromatic amines is 1. The molecule has 1 aromatic heterocycles. The molecule has 7 nitrogen and oxygen atoms in total. The quantitative estimate of drug-likeness (QED) is 0.757. The Balaban J connectivity index is 2.11. The molecule has 8 heteroatoms. The number of rotatable bonds is 5. The van der Waals surface area contributed by atoms with Crippen molar-refractivity contribution in [3.05, 3.63) is 11.8 Å². The van der Waals surface area contributed by atoms with Crippen molar-refractivity contribution in [3.8, 4) is 0 Å². The minimum atomic E-state index is -3.53. The predicted molar refractivity (Wildman–Crippen MR) is 71.9 cm³/mol. The molecule has 2 rings (SSSR count). The van der Waals surface area contributed by atoms with E-state index in [1.54, 1.807) is 7.05 Å². The largest absolute Gasteiger partial charge is 0.326 e. The average Bonchev–Trinajstić information content (AvgIpc) is 2.97. The maximum absolute atomic E-state index is 12.4. The van der Waals surface area contributed by atoms with Gasteiger partial charge in [0.1, 0.15) is 0 Å². The van der Waals surface area contributed by atoms with Gasteiger partial charge in [0.2, 0.25) is 0 Å². The zero-order valence-corrected chi connectivity index (χ0v) is 12.2. The summed E-state index contributed by atoms with van der Waals surface area (Å²) in [4.78, 5) is 2.21. The molecule has 1 saturated heterocycles. The molecule has 1 fully saturated rings. The second kappa shape index (κ2) is 5.58. The first kappa shape index (κ1) is 14.4. The number of sulfonamides is 1. The van der Waals surface area contributed by atoms with Crippen molar-refractivity contribution >= 4 is 10.0 Å². The molecule has 0 aromatic carbocycles. The molecule has 3 N–H and O–H groups in total. The number of H-pyrrole nitrogens is 1. The summed E-state index contributed by atoms with van der Waals surface area (Å²) in [5.41, 5.74) is 6.05. The summed E-state index contributed by atoms with van der Waals surface area (Å²) < 4.78 is 26.2. The van der Waals surface area contributed by atoms with Crippen molar-refractivity contribution in [1.82, 2.24) is 19.4 Å². The number of aromatic nitrogens is 2. The third-order valence-corrected chi connectivity index (χ3v) is 5.41. The number of nitrogens with two attached hydrogens (primary N) is 1. The topological polar surface area (TPSA) is 95.3 Å². The van der Waals surface area contributed by atoms with Crippen LogP contribution in [0.3, 0.4) is 0 Å². The fourth-order valence-corrected chi connectivity index (χ4v) is 3.82. The molecule has 0 aliphatic carbocycles. The van der Waals surface area contributed by atoms with E-state index >= 15 is 0 Å². The van der Waals surface area contributed by atoms with Crippen LogP contribution in [0, 0.1) is 5.92 Å². The smallest absolute Gasteiger partial charge is 0.260 e. The lowest BCUT2D eigenvalue weighted by atomic mass is 10.1. The number of hydrogen-bond acceptors (Lipinski definition) is 5. The normalized spacial score (nSPS) is 21.4. The monoisotopic (exact) mass is 287 g/mol. The molecule has 108 valence electrons. The van der Waals surface area contributed by atoms with Gasteiger partial charge in [0.25, 0.3) is 10.0 Å². The summed E-state index contributed by atoms with van der Waals surface area (Å²) in [7, 11) is 0.131. The van der Waals surface area contributed by atoms with E-state index in [-0.39, 0.29) is 11.6 Å². The van der Waals surface area contributed by atoms with Crippen LogP contribution in [0.1, 0.15) is 12.0 Å². The van der Waals surface area contributed by atoms with Crippen LogP contribution >= 0.6 is 0 Å². The number of nitrogens with zero attached hydrogens (tertiary/aromatic N) is 3. The van der Waals surface area contributed by atoms with E-state index in [1.165, 1.54) is 10.5 Å². The van der Waals surface area contributed by atoms with E-state index < -0.39 is 10.0 Å². The van der Waals surface area contributed by atoms with Crippen LogP contribution in [0.5, 0.6) is 0 Å². The highest BCUT2D eigenvalue weighted by Gasteiger charge is 2.29. The van der Waals surface area contributed by atoms with E-state index in [1.807, 2.05) is 0 Å². The molecule has 2 heterocycles.